The van der Waals surface area contributed by atoms with Crippen molar-refractivity contribution in [1.82, 2.24) is 55.6 Å². The molecule has 3 fully saturated rings. The number of nitrogens with zero attached hydrogens (tertiary/aromatic N) is 7. The number of hydrogen-bond donors (Lipinski definition) is 4. The maximum Gasteiger partial charge on any atom is 0.419 e. The fourth-order valence-corrected chi connectivity index (χ4v) is 12.1. The molecule has 92 heavy (non-hydrogen) atoms. The maximum absolute atomic E-state index is 14.9. The first-order chi connectivity index (χ1) is 42.7. The van der Waals surface area contributed by atoms with Gasteiger partial charge in [0, 0.05) is 61.3 Å². The van der Waals surface area contributed by atoms with Gasteiger partial charge in [-0.2, -0.15) is 13.2 Å². The van der Waals surface area contributed by atoms with Gasteiger partial charge in [-0.25, -0.2) is 4.39 Å². The summed E-state index contributed by atoms with van der Waals surface area (Å²) in [7, 11) is 8.52. The van der Waals surface area contributed by atoms with Crippen molar-refractivity contribution in [3.05, 3.63) is 35.1 Å². The smallest absolute Gasteiger partial charge is 0.343 e. The Balaban J connectivity index is 1.83. The van der Waals surface area contributed by atoms with E-state index >= 15 is 0 Å². The molecule has 3 aliphatic rings. The summed E-state index contributed by atoms with van der Waals surface area (Å²) in [5.74, 6) is -9.84. The molecule has 0 spiro atoms. The van der Waals surface area contributed by atoms with E-state index < -0.39 is 155 Å². The zero-order chi connectivity index (χ0) is 69.6. The van der Waals surface area contributed by atoms with Crippen LogP contribution in [0.25, 0.3) is 0 Å². The van der Waals surface area contributed by atoms with Gasteiger partial charge in [-0.05, 0) is 113 Å². The largest absolute Gasteiger partial charge is 0.419 e. The molecule has 1 aliphatic carbocycles. The molecule has 0 radical (unpaired) electrons. The van der Waals surface area contributed by atoms with Crippen molar-refractivity contribution < 1.29 is 70.3 Å². The van der Waals surface area contributed by atoms with E-state index in [0.717, 1.165) is 48.0 Å². The number of carbonyl (C=O) groups is 11. The number of likely N-dealkylation sites (N-methyl/N-ethyl adjacent to an activating group) is 6. The van der Waals surface area contributed by atoms with Crippen LogP contribution in [0.5, 0.6) is 0 Å². The lowest BCUT2D eigenvalue weighted by molar-refractivity contribution is -0.158. The van der Waals surface area contributed by atoms with Crippen molar-refractivity contribution in [3.8, 4) is 0 Å². The van der Waals surface area contributed by atoms with Crippen LogP contribution in [-0.2, 0) is 65.3 Å². The van der Waals surface area contributed by atoms with E-state index in [9.17, 15) is 70.3 Å². The van der Waals surface area contributed by atoms with Crippen molar-refractivity contribution in [1.29, 1.82) is 0 Å². The molecule has 9 atom stereocenters. The number of rotatable bonds is 13. The lowest BCUT2D eigenvalue weighted by atomic mass is 9.84. The van der Waals surface area contributed by atoms with Crippen LogP contribution in [0.3, 0.4) is 0 Å². The van der Waals surface area contributed by atoms with Crippen LogP contribution < -0.4 is 21.3 Å². The molecule has 2 heterocycles. The Morgan fingerprint density at radius 3 is 1.72 bits per heavy atom. The van der Waals surface area contributed by atoms with Crippen molar-refractivity contribution in [3.63, 3.8) is 0 Å². The van der Waals surface area contributed by atoms with Gasteiger partial charge in [-0.15, -0.1) is 0 Å². The first-order valence-corrected chi connectivity index (χ1v) is 32.7. The van der Waals surface area contributed by atoms with Crippen LogP contribution in [0.2, 0.25) is 0 Å². The fourth-order valence-electron chi connectivity index (χ4n) is 12.1. The summed E-state index contributed by atoms with van der Waals surface area (Å²) in [5, 5.41) is 11.1. The van der Waals surface area contributed by atoms with Crippen LogP contribution in [0.1, 0.15) is 171 Å². The second-order valence-corrected chi connectivity index (χ2v) is 27.8. The van der Waals surface area contributed by atoms with Crippen molar-refractivity contribution in [2.75, 3.05) is 61.9 Å². The molecule has 4 N–H and O–H groups in total. The number of benzene rings is 1. The minimum absolute atomic E-state index is 0.000717. The Bertz CT molecular complexity index is 2790. The summed E-state index contributed by atoms with van der Waals surface area (Å²) in [5.41, 5.74) is -3.18. The van der Waals surface area contributed by atoms with Gasteiger partial charge in [0.05, 0.1) is 18.7 Å². The third kappa shape index (κ3) is 20.8. The van der Waals surface area contributed by atoms with Gasteiger partial charge in [0.15, 0.2) is 0 Å². The molecule has 26 heteroatoms. The van der Waals surface area contributed by atoms with Crippen LogP contribution in [0.15, 0.2) is 18.2 Å². The Labute approximate surface area is 541 Å². The van der Waals surface area contributed by atoms with E-state index in [0.29, 0.717) is 18.6 Å². The molecule has 518 valence electrons. The van der Waals surface area contributed by atoms with E-state index in [1.54, 1.807) is 27.7 Å². The summed E-state index contributed by atoms with van der Waals surface area (Å²) < 4.78 is 55.8. The standard InChI is InChI=1S/C66H105F4N11O11/c1-18-41(8)56-63(91)76(13)37-55(84)81-29-28-50(81)62(90)79(16)52(35-43-22-20-19-21-23-43)61(89)75(12)36-53(82)71-47(27-25-44-24-26-45(46(67)34-44)66(68,69)70)57(85)72-49(31-39(4)5)60(88)80(17)65(10,11)64(92)73-48(30-38(2)3)59(87)77(14)42(9)33-54(83)78(15)51(32-40(6)7)58(86)74-56/h24,26,34,38-43,47-52,56H,18-23,25,27-33,35-37H2,1-17H3,(H,71,82)(H,72,85)(H,73,92)(H,74,86)/t41-,42+,47-,48-,49-,50?,51-,52-,56-/m0/s1. The van der Waals surface area contributed by atoms with E-state index in [2.05, 4.69) is 21.3 Å². The second kappa shape index (κ2) is 33.8. The highest BCUT2D eigenvalue weighted by atomic mass is 19.4. The molecule has 1 unspecified atom stereocenters. The van der Waals surface area contributed by atoms with Crippen molar-refractivity contribution >= 4 is 65.0 Å². The van der Waals surface area contributed by atoms with Crippen molar-refractivity contribution in [2.24, 2.45) is 29.6 Å². The van der Waals surface area contributed by atoms with E-state index in [1.807, 2.05) is 34.6 Å². The van der Waals surface area contributed by atoms with Gasteiger partial charge in [-0.3, -0.25) is 52.7 Å². The van der Waals surface area contributed by atoms with E-state index in [1.165, 1.54) is 80.6 Å². The first kappa shape index (κ1) is 77.6. The number of amides is 11. The molecule has 1 aromatic rings. The number of nitrogens with one attached hydrogen (secondary N) is 4. The zero-order valence-corrected chi connectivity index (χ0v) is 57.4. The van der Waals surface area contributed by atoms with E-state index in [4.69, 9.17) is 0 Å². The van der Waals surface area contributed by atoms with Gasteiger partial charge >= 0.3 is 6.18 Å². The summed E-state index contributed by atoms with van der Waals surface area (Å²) in [6.07, 6.45) is -0.305. The number of carbonyl (C=O) groups excluding carboxylic acids is 11. The fraction of sp³-hybridized carbons (Fsp3) is 0.742. The molecular weight excluding hydrogens is 1200 g/mol. The van der Waals surface area contributed by atoms with Gasteiger partial charge in [-0.1, -0.05) is 100.0 Å². The Morgan fingerprint density at radius 1 is 0.609 bits per heavy atom. The number of hydrogen-bond acceptors (Lipinski definition) is 11. The number of aryl methyl sites for hydroxylation is 1. The van der Waals surface area contributed by atoms with Gasteiger partial charge in [0.2, 0.25) is 65.0 Å². The summed E-state index contributed by atoms with van der Waals surface area (Å²) >= 11 is 0. The average molecular weight is 1300 g/mol. The second-order valence-electron chi connectivity index (χ2n) is 27.8. The predicted octanol–water partition coefficient (Wildman–Crippen LogP) is 5.53. The minimum Gasteiger partial charge on any atom is -0.343 e. The molecule has 0 bridgehead atoms. The molecule has 1 saturated carbocycles. The monoisotopic (exact) mass is 1300 g/mol. The Hall–Kier alpha value is -6.89. The number of alkyl halides is 3. The summed E-state index contributed by atoms with van der Waals surface area (Å²) in [4.78, 5) is 168. The third-order valence-electron chi connectivity index (χ3n) is 18.7. The molecule has 22 nitrogen and oxygen atoms in total. The molecule has 2 saturated heterocycles. The predicted molar refractivity (Wildman–Crippen MR) is 339 cm³/mol. The molecule has 0 aromatic heterocycles. The molecule has 4 rings (SSSR count). The van der Waals surface area contributed by atoms with Crippen molar-refractivity contribution in [2.45, 2.75) is 226 Å². The quantitative estimate of drug-likeness (QED) is 0.179. The number of halogens is 4. The molecule has 11 amide bonds. The SMILES string of the molecule is CC[C@H](C)[C@@H]1NC(=O)[C@H](CC(C)C)N(C)C(=O)C[C@@H](C)N(C)C(=O)[C@H](CC(C)C)NC(=O)C(C)(C)N(C)C(=O)[C@H](CC(C)C)NC(=O)[C@H](CCc2ccc(C(F)(F)F)c(F)c2)NC(=O)CN(C)C(=O)[C@H](CC2CCCCC2)N(C)C(=O)C2CCN2C(=O)CN(C)C1=O. The lowest BCUT2D eigenvalue weighted by Gasteiger charge is -2.44. The minimum atomic E-state index is -5.00. The highest BCUT2D eigenvalue weighted by Gasteiger charge is 2.46. The topological polar surface area (TPSA) is 259 Å². The van der Waals surface area contributed by atoms with Crippen LogP contribution in [-0.4, -0.2) is 215 Å². The zero-order valence-electron chi connectivity index (χ0n) is 57.4. The lowest BCUT2D eigenvalue weighted by Crippen LogP contribution is -2.63. The van der Waals surface area contributed by atoms with Gasteiger partial charge < -0.3 is 55.6 Å². The molecule has 2 aliphatic heterocycles. The van der Waals surface area contributed by atoms with Gasteiger partial charge in [0.25, 0.3) is 0 Å². The molecule has 1 aromatic carbocycles. The number of fused-ring (bicyclic) bond motifs is 1. The summed E-state index contributed by atoms with van der Waals surface area (Å²) in [6.45, 7) is 18.2. The van der Waals surface area contributed by atoms with Crippen LogP contribution >= 0.6 is 0 Å². The first-order valence-electron chi connectivity index (χ1n) is 32.7. The Kier molecular flexibility index (Phi) is 28.5. The summed E-state index contributed by atoms with van der Waals surface area (Å²) in [6, 6.07) is -6.95. The van der Waals surface area contributed by atoms with Crippen LogP contribution in [0, 0.1) is 35.4 Å². The average Bonchev–Trinajstić information content (AvgIpc) is 0.908. The normalized spacial score (nSPS) is 26.0. The Morgan fingerprint density at radius 2 is 1.18 bits per heavy atom. The highest BCUT2D eigenvalue weighted by Crippen LogP contribution is 2.33. The van der Waals surface area contributed by atoms with E-state index in [-0.39, 0.29) is 87.1 Å². The van der Waals surface area contributed by atoms with Crippen LogP contribution in [0.4, 0.5) is 17.6 Å². The molecular formula is C66H105F4N11O11. The maximum atomic E-state index is 14.9. The van der Waals surface area contributed by atoms with Gasteiger partial charge in [0.1, 0.15) is 53.6 Å². The third-order valence-corrected chi connectivity index (χ3v) is 18.7. The highest BCUT2D eigenvalue weighted by molar-refractivity contribution is 5.99.